The molecular weight excluding hydrogens is 356 g/mol. The molecule has 3 aromatic rings. The second-order valence-corrected chi connectivity index (χ2v) is 6.47. The molecule has 2 amide bonds. The maximum atomic E-state index is 12.3. The number of nitrogens with two attached hydrogens (primary N) is 1. The number of primary amides is 1. The molecule has 2 aromatic carbocycles. The smallest absolute Gasteiger partial charge is 0.248 e. The maximum Gasteiger partial charge on any atom is 0.248 e. The molecule has 0 radical (unpaired) electrons. The van der Waals surface area contributed by atoms with E-state index < -0.39 is 5.91 Å². The van der Waals surface area contributed by atoms with Crippen LogP contribution in [0.15, 0.2) is 48.5 Å². The number of amides is 2. The molecule has 1 atom stereocenters. The van der Waals surface area contributed by atoms with Crippen molar-refractivity contribution in [3.63, 3.8) is 0 Å². The van der Waals surface area contributed by atoms with Crippen LogP contribution in [-0.4, -0.2) is 32.0 Å². The van der Waals surface area contributed by atoms with Gasteiger partial charge in [-0.3, -0.25) is 9.59 Å². The Kier molecular flexibility index (Phi) is 5.78. The van der Waals surface area contributed by atoms with Gasteiger partial charge in [0.2, 0.25) is 17.6 Å². The first-order chi connectivity index (χ1) is 13.5. The van der Waals surface area contributed by atoms with E-state index in [0.717, 1.165) is 12.0 Å². The molecule has 3 rings (SSSR count). The Morgan fingerprint density at radius 1 is 1.11 bits per heavy atom. The summed E-state index contributed by atoms with van der Waals surface area (Å²) < 4.78 is 0. The van der Waals surface area contributed by atoms with Crippen LogP contribution >= 0.6 is 0 Å². The lowest BCUT2D eigenvalue weighted by molar-refractivity contribution is -0.122. The molecule has 3 N–H and O–H groups in total. The van der Waals surface area contributed by atoms with Crippen molar-refractivity contribution in [1.29, 1.82) is 0 Å². The maximum absolute atomic E-state index is 12.3. The zero-order valence-corrected chi connectivity index (χ0v) is 15.8. The van der Waals surface area contributed by atoms with Gasteiger partial charge in [0.25, 0.3) is 0 Å². The van der Waals surface area contributed by atoms with Crippen LogP contribution in [0.3, 0.4) is 0 Å². The third-order valence-electron chi connectivity index (χ3n) is 4.43. The van der Waals surface area contributed by atoms with Crippen LogP contribution in [0.4, 0.5) is 0 Å². The molecule has 0 aliphatic carbocycles. The highest BCUT2D eigenvalue weighted by Crippen LogP contribution is 2.15. The van der Waals surface area contributed by atoms with E-state index in [9.17, 15) is 9.59 Å². The molecule has 0 saturated carbocycles. The molecule has 0 unspecified atom stereocenters. The molecule has 0 saturated heterocycles. The predicted molar refractivity (Wildman–Crippen MR) is 104 cm³/mol. The molecule has 0 spiro atoms. The number of benzene rings is 2. The molecule has 0 aliphatic rings. The van der Waals surface area contributed by atoms with Crippen molar-refractivity contribution in [2.75, 3.05) is 0 Å². The third kappa shape index (κ3) is 4.59. The molecule has 8 nitrogen and oxygen atoms in total. The Morgan fingerprint density at radius 2 is 1.79 bits per heavy atom. The Hall–Kier alpha value is -3.55. The second-order valence-electron chi connectivity index (χ2n) is 6.47. The van der Waals surface area contributed by atoms with Crippen LogP contribution in [0, 0.1) is 0 Å². The molecule has 0 fully saturated rings. The fourth-order valence-electron chi connectivity index (χ4n) is 2.75. The summed E-state index contributed by atoms with van der Waals surface area (Å²) in [5, 5.41) is 15.0. The van der Waals surface area contributed by atoms with E-state index in [1.54, 1.807) is 24.3 Å². The van der Waals surface area contributed by atoms with E-state index in [4.69, 9.17) is 5.73 Å². The van der Waals surface area contributed by atoms with E-state index in [2.05, 4.69) is 39.8 Å². The first kappa shape index (κ1) is 19.2. The number of rotatable bonds is 7. The van der Waals surface area contributed by atoms with Gasteiger partial charge in [0.15, 0.2) is 0 Å². The minimum atomic E-state index is -0.502. The normalized spacial score (nSPS) is 11.8. The quantitative estimate of drug-likeness (QED) is 0.651. The number of carbonyl (C=O) groups excluding carboxylic acids is 2. The fraction of sp³-hybridized carbons (Fsp3) is 0.250. The van der Waals surface area contributed by atoms with Gasteiger partial charge in [0.1, 0.15) is 6.54 Å². The van der Waals surface area contributed by atoms with Gasteiger partial charge >= 0.3 is 0 Å². The number of nitrogens with zero attached hydrogens (tertiary/aromatic N) is 4. The zero-order chi connectivity index (χ0) is 20.1. The van der Waals surface area contributed by atoms with E-state index in [0.29, 0.717) is 17.0 Å². The van der Waals surface area contributed by atoms with Crippen LogP contribution < -0.4 is 11.1 Å². The zero-order valence-electron chi connectivity index (χ0n) is 15.8. The summed E-state index contributed by atoms with van der Waals surface area (Å²) in [6, 6.07) is 14.6. The number of carbonyl (C=O) groups is 2. The number of hydrogen-bond acceptors (Lipinski definition) is 5. The highest BCUT2D eigenvalue weighted by Gasteiger charge is 2.13. The Bertz CT molecular complexity index is 963. The van der Waals surface area contributed by atoms with Crippen molar-refractivity contribution in [2.24, 2.45) is 5.73 Å². The van der Waals surface area contributed by atoms with E-state index in [1.165, 1.54) is 10.4 Å². The first-order valence-corrected chi connectivity index (χ1v) is 9.02. The minimum Gasteiger partial charge on any atom is -0.366 e. The molecule has 1 heterocycles. The molecule has 144 valence electrons. The number of hydrogen-bond donors (Lipinski definition) is 2. The SMILES string of the molecule is CCc1ccc([C@@H](C)NC(=O)Cn2nnc(-c3ccc(C(N)=O)cc3)n2)cc1. The van der Waals surface area contributed by atoms with Crippen LogP contribution in [0.25, 0.3) is 11.4 Å². The van der Waals surface area contributed by atoms with Crippen molar-refractivity contribution in [1.82, 2.24) is 25.5 Å². The predicted octanol–water partition coefficient (Wildman–Crippen LogP) is 1.88. The van der Waals surface area contributed by atoms with Gasteiger partial charge in [0, 0.05) is 11.1 Å². The molecule has 28 heavy (non-hydrogen) atoms. The summed E-state index contributed by atoms with van der Waals surface area (Å²) in [4.78, 5) is 24.7. The van der Waals surface area contributed by atoms with Crippen molar-refractivity contribution >= 4 is 11.8 Å². The van der Waals surface area contributed by atoms with E-state index >= 15 is 0 Å². The van der Waals surface area contributed by atoms with Crippen molar-refractivity contribution < 1.29 is 9.59 Å². The van der Waals surface area contributed by atoms with Gasteiger partial charge in [-0.05, 0) is 41.8 Å². The van der Waals surface area contributed by atoms with Crippen LogP contribution in [-0.2, 0) is 17.8 Å². The molecule has 0 aliphatic heterocycles. The average molecular weight is 378 g/mol. The van der Waals surface area contributed by atoms with Crippen LogP contribution in [0.5, 0.6) is 0 Å². The van der Waals surface area contributed by atoms with Gasteiger partial charge < -0.3 is 11.1 Å². The Morgan fingerprint density at radius 3 is 2.39 bits per heavy atom. The fourth-order valence-corrected chi connectivity index (χ4v) is 2.75. The summed E-state index contributed by atoms with van der Waals surface area (Å²) in [6.07, 6.45) is 0.979. The van der Waals surface area contributed by atoms with Gasteiger partial charge in [0.05, 0.1) is 6.04 Å². The van der Waals surface area contributed by atoms with Crippen LogP contribution in [0.2, 0.25) is 0 Å². The summed E-state index contributed by atoms with van der Waals surface area (Å²) in [5.74, 6) is -0.342. The number of tetrazole rings is 1. The topological polar surface area (TPSA) is 116 Å². The number of nitrogens with one attached hydrogen (secondary N) is 1. The van der Waals surface area contributed by atoms with Crippen molar-refractivity contribution in [3.8, 4) is 11.4 Å². The summed E-state index contributed by atoms with van der Waals surface area (Å²) in [6.45, 7) is 3.99. The monoisotopic (exact) mass is 378 g/mol. The lowest BCUT2D eigenvalue weighted by Gasteiger charge is -2.14. The largest absolute Gasteiger partial charge is 0.366 e. The first-order valence-electron chi connectivity index (χ1n) is 9.02. The van der Waals surface area contributed by atoms with E-state index in [-0.39, 0.29) is 18.5 Å². The third-order valence-corrected chi connectivity index (χ3v) is 4.43. The lowest BCUT2D eigenvalue weighted by Crippen LogP contribution is -2.30. The highest BCUT2D eigenvalue weighted by molar-refractivity contribution is 5.93. The lowest BCUT2D eigenvalue weighted by atomic mass is 10.1. The van der Waals surface area contributed by atoms with E-state index in [1.807, 2.05) is 19.1 Å². The van der Waals surface area contributed by atoms with Gasteiger partial charge in [-0.2, -0.15) is 4.80 Å². The van der Waals surface area contributed by atoms with Gasteiger partial charge in [-0.15, -0.1) is 10.2 Å². The summed E-state index contributed by atoms with van der Waals surface area (Å²) in [7, 11) is 0. The molecular formula is C20H22N6O2. The van der Waals surface area contributed by atoms with Crippen molar-refractivity contribution in [3.05, 3.63) is 65.2 Å². The average Bonchev–Trinajstić information content (AvgIpc) is 3.16. The van der Waals surface area contributed by atoms with Crippen molar-refractivity contribution in [2.45, 2.75) is 32.9 Å². The number of aromatic nitrogens is 4. The van der Waals surface area contributed by atoms with Crippen LogP contribution in [0.1, 0.15) is 41.4 Å². The molecule has 8 heteroatoms. The molecule has 1 aromatic heterocycles. The number of aryl methyl sites for hydroxylation is 1. The van der Waals surface area contributed by atoms with Gasteiger partial charge in [-0.1, -0.05) is 43.3 Å². The minimum absolute atomic E-state index is 0.0379. The molecule has 0 bridgehead atoms. The second kappa shape index (κ2) is 8.43. The Labute approximate surface area is 162 Å². The Balaban J connectivity index is 1.60. The summed E-state index contributed by atoms with van der Waals surface area (Å²) >= 11 is 0. The standard InChI is InChI=1S/C20H22N6O2/c1-3-14-4-6-15(7-5-14)13(2)22-18(27)12-26-24-20(23-25-26)17-10-8-16(9-11-17)19(21)28/h4-11,13H,3,12H2,1-2H3,(H2,21,28)(H,22,27)/t13-/m1/s1. The highest BCUT2D eigenvalue weighted by atomic mass is 16.2. The summed E-state index contributed by atoms with van der Waals surface area (Å²) in [5.41, 5.74) is 8.60. The van der Waals surface area contributed by atoms with Gasteiger partial charge in [-0.25, -0.2) is 0 Å².